The van der Waals surface area contributed by atoms with Crippen molar-refractivity contribution in [2.24, 2.45) is 5.92 Å². The van der Waals surface area contributed by atoms with Gasteiger partial charge >= 0.3 is 0 Å². The molecule has 27 heavy (non-hydrogen) atoms. The number of Topliss-reactive ketones (excluding diaryl/α,β-unsaturated/α-hetero) is 1. The van der Waals surface area contributed by atoms with Gasteiger partial charge in [-0.25, -0.2) is 4.98 Å². The Balaban J connectivity index is 1.89. The first-order chi connectivity index (χ1) is 12.8. The number of H-pyrrole nitrogens is 1. The molecule has 2 heterocycles. The molecule has 0 fully saturated rings. The molecule has 1 aromatic carbocycles. The molecule has 0 radical (unpaired) electrons. The summed E-state index contributed by atoms with van der Waals surface area (Å²) in [4.78, 5) is 33.1. The zero-order chi connectivity index (χ0) is 19.6. The number of thioether (sulfide) groups is 1. The highest BCUT2D eigenvalue weighted by atomic mass is 35.5. The van der Waals surface area contributed by atoms with Crippen molar-refractivity contribution in [1.29, 1.82) is 0 Å². The van der Waals surface area contributed by atoms with E-state index in [1.165, 1.54) is 11.8 Å². The average molecular weight is 404 g/mol. The number of carbonyl (C=O) groups is 1. The van der Waals surface area contributed by atoms with Crippen LogP contribution in [0.3, 0.4) is 0 Å². The number of aromatic amines is 1. The predicted molar refractivity (Wildman–Crippen MR) is 111 cm³/mol. The lowest BCUT2D eigenvalue weighted by molar-refractivity contribution is 0.102. The van der Waals surface area contributed by atoms with Gasteiger partial charge < -0.3 is 4.98 Å². The number of hydrogen-bond acceptors (Lipinski definition) is 4. The van der Waals surface area contributed by atoms with Gasteiger partial charge in [-0.2, -0.15) is 0 Å². The van der Waals surface area contributed by atoms with Gasteiger partial charge in [-0.05, 0) is 49.6 Å². The maximum atomic E-state index is 12.9. The molecule has 0 bridgehead atoms. The van der Waals surface area contributed by atoms with Gasteiger partial charge in [0.05, 0.1) is 11.3 Å². The molecule has 0 saturated heterocycles. The number of fused-ring (bicyclic) bond motifs is 1. The number of carbonyl (C=O) groups excluding carboxylic acids is 1. The SMILES string of the molecule is Cc1cc2nc(SCC(=O)c3ccc(Cl)cc3)n(CCC(C)C)c(=O)c2[nH]1. The van der Waals surface area contributed by atoms with E-state index in [9.17, 15) is 9.59 Å². The monoisotopic (exact) mass is 403 g/mol. The van der Waals surface area contributed by atoms with Crippen LogP contribution in [-0.4, -0.2) is 26.1 Å². The van der Waals surface area contributed by atoms with Gasteiger partial charge in [0.2, 0.25) is 0 Å². The van der Waals surface area contributed by atoms with Gasteiger partial charge in [0.15, 0.2) is 10.9 Å². The first-order valence-electron chi connectivity index (χ1n) is 8.87. The first-order valence-corrected chi connectivity index (χ1v) is 10.2. The van der Waals surface area contributed by atoms with Crippen LogP contribution >= 0.6 is 23.4 Å². The van der Waals surface area contributed by atoms with E-state index in [1.54, 1.807) is 28.8 Å². The van der Waals surface area contributed by atoms with Crippen LogP contribution in [0.25, 0.3) is 11.0 Å². The van der Waals surface area contributed by atoms with Gasteiger partial charge in [0.25, 0.3) is 5.56 Å². The molecule has 3 aromatic rings. The van der Waals surface area contributed by atoms with Crippen LogP contribution in [-0.2, 0) is 6.54 Å². The Kier molecular flexibility index (Phi) is 6.07. The van der Waals surface area contributed by atoms with Crippen molar-refractivity contribution in [3.63, 3.8) is 0 Å². The summed E-state index contributed by atoms with van der Waals surface area (Å²) in [5.41, 5.74) is 2.56. The highest BCUT2D eigenvalue weighted by Gasteiger charge is 2.16. The van der Waals surface area contributed by atoms with E-state index in [1.807, 2.05) is 13.0 Å². The van der Waals surface area contributed by atoms with E-state index in [0.717, 1.165) is 12.1 Å². The topological polar surface area (TPSA) is 67.8 Å². The van der Waals surface area contributed by atoms with Crippen LogP contribution < -0.4 is 5.56 Å². The summed E-state index contributed by atoms with van der Waals surface area (Å²) in [6.45, 7) is 6.71. The smallest absolute Gasteiger partial charge is 0.278 e. The molecule has 7 heteroatoms. The molecule has 0 saturated carbocycles. The van der Waals surface area contributed by atoms with Crippen LogP contribution in [0.1, 0.15) is 36.3 Å². The summed E-state index contributed by atoms with van der Waals surface area (Å²) in [6.07, 6.45) is 0.867. The highest BCUT2D eigenvalue weighted by Crippen LogP contribution is 2.21. The molecule has 2 aromatic heterocycles. The quantitative estimate of drug-likeness (QED) is 0.352. The second-order valence-corrected chi connectivity index (χ2v) is 8.34. The van der Waals surface area contributed by atoms with Crippen molar-refractivity contribution in [3.05, 3.63) is 57.0 Å². The van der Waals surface area contributed by atoms with Gasteiger partial charge in [-0.1, -0.05) is 37.2 Å². The summed E-state index contributed by atoms with van der Waals surface area (Å²) in [5.74, 6) is 0.656. The Morgan fingerprint density at radius 1 is 1.30 bits per heavy atom. The Morgan fingerprint density at radius 2 is 2.00 bits per heavy atom. The lowest BCUT2D eigenvalue weighted by Gasteiger charge is -2.13. The number of benzene rings is 1. The van der Waals surface area contributed by atoms with Gasteiger partial charge in [-0.15, -0.1) is 0 Å². The molecular formula is C20H22ClN3O2S. The number of nitrogens with one attached hydrogen (secondary N) is 1. The maximum absolute atomic E-state index is 12.9. The Bertz CT molecular complexity index is 1020. The van der Waals surface area contributed by atoms with Crippen molar-refractivity contribution in [1.82, 2.24) is 14.5 Å². The average Bonchev–Trinajstić information content (AvgIpc) is 3.00. The van der Waals surface area contributed by atoms with Crippen molar-refractivity contribution >= 4 is 40.2 Å². The summed E-state index contributed by atoms with van der Waals surface area (Å²) in [6, 6.07) is 8.68. The van der Waals surface area contributed by atoms with E-state index >= 15 is 0 Å². The minimum absolute atomic E-state index is 0.0216. The number of hydrogen-bond donors (Lipinski definition) is 1. The summed E-state index contributed by atoms with van der Waals surface area (Å²) in [5, 5.41) is 1.17. The van der Waals surface area contributed by atoms with E-state index in [-0.39, 0.29) is 17.1 Å². The van der Waals surface area contributed by atoms with Crippen molar-refractivity contribution in [2.75, 3.05) is 5.75 Å². The van der Waals surface area contributed by atoms with E-state index in [4.69, 9.17) is 11.6 Å². The van der Waals surface area contributed by atoms with Crippen LogP contribution in [0.15, 0.2) is 40.3 Å². The Labute approximate surface area is 167 Å². The van der Waals surface area contributed by atoms with Crippen LogP contribution in [0, 0.1) is 12.8 Å². The number of aryl methyl sites for hydroxylation is 1. The zero-order valence-corrected chi connectivity index (χ0v) is 17.2. The molecule has 3 rings (SSSR count). The second kappa shape index (κ2) is 8.31. The van der Waals surface area contributed by atoms with Crippen molar-refractivity contribution in [3.8, 4) is 0 Å². The number of halogens is 1. The van der Waals surface area contributed by atoms with Crippen LogP contribution in [0.2, 0.25) is 5.02 Å². The molecule has 142 valence electrons. The molecular weight excluding hydrogens is 382 g/mol. The molecule has 0 unspecified atom stereocenters. The third-order valence-electron chi connectivity index (χ3n) is 4.27. The minimum atomic E-state index is -0.0878. The number of ketones is 1. The predicted octanol–water partition coefficient (Wildman–Crippen LogP) is 4.71. The number of aromatic nitrogens is 3. The highest BCUT2D eigenvalue weighted by molar-refractivity contribution is 7.99. The van der Waals surface area contributed by atoms with Gasteiger partial charge in [0, 0.05) is 22.8 Å². The molecule has 0 amide bonds. The molecule has 5 nitrogen and oxygen atoms in total. The van der Waals surface area contributed by atoms with Gasteiger partial charge in [0.1, 0.15) is 5.52 Å². The lowest BCUT2D eigenvalue weighted by Crippen LogP contribution is -2.24. The number of nitrogens with zero attached hydrogens (tertiary/aromatic N) is 2. The molecule has 0 atom stereocenters. The molecule has 0 aliphatic carbocycles. The third kappa shape index (κ3) is 4.62. The molecule has 1 N–H and O–H groups in total. The van der Waals surface area contributed by atoms with E-state index in [2.05, 4.69) is 23.8 Å². The Hall–Kier alpha value is -2.05. The fourth-order valence-corrected chi connectivity index (χ4v) is 3.80. The van der Waals surface area contributed by atoms with E-state index < -0.39 is 0 Å². The largest absolute Gasteiger partial charge is 0.353 e. The number of rotatable bonds is 7. The molecule has 0 aliphatic heterocycles. The van der Waals surface area contributed by atoms with Crippen molar-refractivity contribution < 1.29 is 4.79 Å². The Morgan fingerprint density at radius 3 is 2.67 bits per heavy atom. The molecule has 0 aliphatic rings. The summed E-state index contributed by atoms with van der Waals surface area (Å²) >= 11 is 7.18. The third-order valence-corrected chi connectivity index (χ3v) is 5.49. The summed E-state index contributed by atoms with van der Waals surface area (Å²) < 4.78 is 1.68. The fraction of sp³-hybridized carbons (Fsp3) is 0.350. The van der Waals surface area contributed by atoms with Crippen LogP contribution in [0.4, 0.5) is 0 Å². The lowest BCUT2D eigenvalue weighted by atomic mass is 10.1. The maximum Gasteiger partial charge on any atom is 0.278 e. The normalized spacial score (nSPS) is 11.4. The standard InChI is InChI=1S/C20H22ClN3O2S/c1-12(2)8-9-24-19(26)18-16(10-13(3)22-18)23-20(24)27-11-17(25)14-4-6-15(21)7-5-14/h4-7,10,12,22H,8-9,11H2,1-3H3. The fourth-order valence-electron chi connectivity index (χ4n) is 2.75. The zero-order valence-electron chi connectivity index (χ0n) is 15.6. The van der Waals surface area contributed by atoms with Crippen molar-refractivity contribution in [2.45, 2.75) is 38.9 Å². The van der Waals surface area contributed by atoms with Crippen LogP contribution in [0.5, 0.6) is 0 Å². The summed E-state index contributed by atoms with van der Waals surface area (Å²) in [7, 11) is 0. The first kappa shape index (κ1) is 19.7. The second-order valence-electron chi connectivity index (χ2n) is 6.97. The van der Waals surface area contributed by atoms with Gasteiger partial charge in [-0.3, -0.25) is 14.2 Å². The van der Waals surface area contributed by atoms with E-state index in [0.29, 0.717) is 39.2 Å². The minimum Gasteiger partial charge on any atom is -0.353 e. The molecule has 0 spiro atoms.